The maximum atomic E-state index is 11.9. The van der Waals surface area contributed by atoms with Crippen LogP contribution in [-0.2, 0) is 4.79 Å². The Morgan fingerprint density at radius 2 is 1.80 bits per heavy atom. The highest BCUT2D eigenvalue weighted by Gasteiger charge is 2.20. The normalized spacial score (nSPS) is 16.2. The van der Waals surface area contributed by atoms with E-state index in [1.807, 2.05) is 26.1 Å². The maximum absolute atomic E-state index is 11.9. The van der Waals surface area contributed by atoms with E-state index in [9.17, 15) is 4.79 Å². The summed E-state index contributed by atoms with van der Waals surface area (Å²) in [6, 6.07) is 7.98. The SMILES string of the molecule is CCN(C)C(=O)CN1CCN(c2ccc(N)cc2)CC1. The molecule has 2 N–H and O–H groups in total. The fraction of sp³-hybridized carbons (Fsp3) is 0.533. The minimum atomic E-state index is 0.202. The summed E-state index contributed by atoms with van der Waals surface area (Å²) in [7, 11) is 1.85. The van der Waals surface area contributed by atoms with Crippen molar-refractivity contribution in [2.24, 2.45) is 0 Å². The van der Waals surface area contributed by atoms with E-state index in [4.69, 9.17) is 5.73 Å². The first-order valence-electron chi connectivity index (χ1n) is 7.17. The van der Waals surface area contributed by atoms with Gasteiger partial charge in [-0.3, -0.25) is 9.69 Å². The van der Waals surface area contributed by atoms with Gasteiger partial charge in [0.05, 0.1) is 6.54 Å². The monoisotopic (exact) mass is 276 g/mol. The Labute approximate surface area is 120 Å². The number of likely N-dealkylation sites (N-methyl/N-ethyl adjacent to an activating group) is 1. The lowest BCUT2D eigenvalue weighted by Crippen LogP contribution is -2.49. The van der Waals surface area contributed by atoms with E-state index in [1.165, 1.54) is 5.69 Å². The van der Waals surface area contributed by atoms with Crippen LogP contribution < -0.4 is 10.6 Å². The highest BCUT2D eigenvalue weighted by atomic mass is 16.2. The zero-order valence-electron chi connectivity index (χ0n) is 12.4. The molecule has 1 fully saturated rings. The van der Waals surface area contributed by atoms with Crippen molar-refractivity contribution < 1.29 is 4.79 Å². The second-order valence-electron chi connectivity index (χ2n) is 5.26. The Bertz CT molecular complexity index is 438. The first kappa shape index (κ1) is 14.7. The summed E-state index contributed by atoms with van der Waals surface area (Å²) in [5.74, 6) is 0.202. The zero-order chi connectivity index (χ0) is 14.5. The molecule has 1 heterocycles. The quantitative estimate of drug-likeness (QED) is 0.829. The van der Waals surface area contributed by atoms with Gasteiger partial charge in [-0.1, -0.05) is 0 Å². The van der Waals surface area contributed by atoms with Gasteiger partial charge in [0.15, 0.2) is 0 Å². The summed E-state index contributed by atoms with van der Waals surface area (Å²) in [6.45, 7) is 7.04. The van der Waals surface area contributed by atoms with Crippen LogP contribution in [0.25, 0.3) is 0 Å². The molecule has 0 unspecified atom stereocenters. The molecule has 0 aliphatic carbocycles. The van der Waals surface area contributed by atoms with Gasteiger partial charge in [-0.25, -0.2) is 0 Å². The topological polar surface area (TPSA) is 52.8 Å². The molecule has 1 aromatic rings. The number of nitrogens with zero attached hydrogens (tertiary/aromatic N) is 3. The van der Waals surface area contributed by atoms with Crippen LogP contribution in [-0.4, -0.2) is 62.0 Å². The van der Waals surface area contributed by atoms with Crippen molar-refractivity contribution in [1.82, 2.24) is 9.80 Å². The zero-order valence-corrected chi connectivity index (χ0v) is 12.4. The van der Waals surface area contributed by atoms with Gasteiger partial charge in [0.2, 0.25) is 5.91 Å². The molecule has 1 aliphatic heterocycles. The summed E-state index contributed by atoms with van der Waals surface area (Å²) in [6.07, 6.45) is 0. The first-order valence-corrected chi connectivity index (χ1v) is 7.17. The number of anilines is 2. The summed E-state index contributed by atoms with van der Waals surface area (Å²) in [5.41, 5.74) is 7.70. The molecule has 0 aromatic heterocycles. The summed E-state index contributed by atoms with van der Waals surface area (Å²) in [5, 5.41) is 0. The Hall–Kier alpha value is -1.75. The molecule has 110 valence electrons. The Kier molecular flexibility index (Phi) is 4.84. The van der Waals surface area contributed by atoms with Gasteiger partial charge in [0.1, 0.15) is 0 Å². The van der Waals surface area contributed by atoms with Gasteiger partial charge in [-0.05, 0) is 31.2 Å². The van der Waals surface area contributed by atoms with Crippen molar-refractivity contribution in [3.8, 4) is 0 Å². The van der Waals surface area contributed by atoms with E-state index in [2.05, 4.69) is 21.9 Å². The summed E-state index contributed by atoms with van der Waals surface area (Å²) < 4.78 is 0. The lowest BCUT2D eigenvalue weighted by Gasteiger charge is -2.36. The number of piperazine rings is 1. The molecule has 1 amide bonds. The highest BCUT2D eigenvalue weighted by Crippen LogP contribution is 2.18. The van der Waals surface area contributed by atoms with Gasteiger partial charge < -0.3 is 15.5 Å². The van der Waals surface area contributed by atoms with Crippen LogP contribution in [0.1, 0.15) is 6.92 Å². The molecule has 1 aliphatic rings. The lowest BCUT2D eigenvalue weighted by atomic mass is 10.2. The van der Waals surface area contributed by atoms with E-state index in [0.717, 1.165) is 38.4 Å². The molecule has 0 spiro atoms. The maximum Gasteiger partial charge on any atom is 0.236 e. The third-order valence-electron chi connectivity index (χ3n) is 3.89. The first-order chi connectivity index (χ1) is 9.60. The molecule has 0 bridgehead atoms. The van der Waals surface area contributed by atoms with Crippen molar-refractivity contribution in [2.75, 3.05) is 56.9 Å². The van der Waals surface area contributed by atoms with Gasteiger partial charge in [-0.2, -0.15) is 0 Å². The average Bonchev–Trinajstić information content (AvgIpc) is 2.48. The van der Waals surface area contributed by atoms with E-state index < -0.39 is 0 Å². The van der Waals surface area contributed by atoms with E-state index in [0.29, 0.717) is 6.54 Å². The number of hydrogen-bond acceptors (Lipinski definition) is 4. The average molecular weight is 276 g/mol. The molecular weight excluding hydrogens is 252 g/mol. The van der Waals surface area contributed by atoms with Crippen molar-refractivity contribution in [1.29, 1.82) is 0 Å². The predicted molar refractivity (Wildman–Crippen MR) is 82.8 cm³/mol. The standard InChI is InChI=1S/C15H24N4O/c1-3-17(2)15(20)12-18-8-10-19(11-9-18)14-6-4-13(16)5-7-14/h4-7H,3,8-12,16H2,1-2H3. The van der Waals surface area contributed by atoms with Gasteiger partial charge in [0, 0.05) is 51.1 Å². The molecule has 0 atom stereocenters. The molecular formula is C15H24N4O. The number of amides is 1. The minimum Gasteiger partial charge on any atom is -0.399 e. The molecule has 5 nitrogen and oxygen atoms in total. The molecule has 0 radical (unpaired) electrons. The van der Waals surface area contributed by atoms with Crippen LogP contribution in [0.5, 0.6) is 0 Å². The minimum absolute atomic E-state index is 0.202. The molecule has 5 heteroatoms. The van der Waals surface area contributed by atoms with Crippen LogP contribution in [0, 0.1) is 0 Å². The smallest absolute Gasteiger partial charge is 0.236 e. The van der Waals surface area contributed by atoms with Crippen molar-refractivity contribution in [2.45, 2.75) is 6.92 Å². The van der Waals surface area contributed by atoms with E-state index in [1.54, 1.807) is 4.90 Å². The number of nitrogens with two attached hydrogens (primary N) is 1. The summed E-state index contributed by atoms with van der Waals surface area (Å²) in [4.78, 5) is 18.2. The third-order valence-corrected chi connectivity index (χ3v) is 3.89. The van der Waals surface area contributed by atoms with E-state index in [-0.39, 0.29) is 5.91 Å². The molecule has 1 aromatic carbocycles. The van der Waals surface area contributed by atoms with Crippen molar-refractivity contribution in [3.05, 3.63) is 24.3 Å². The molecule has 20 heavy (non-hydrogen) atoms. The van der Waals surface area contributed by atoms with Crippen LogP contribution in [0.2, 0.25) is 0 Å². The number of hydrogen-bond donors (Lipinski definition) is 1. The number of nitrogen functional groups attached to an aromatic ring is 1. The summed E-state index contributed by atoms with van der Waals surface area (Å²) >= 11 is 0. The van der Waals surface area contributed by atoms with E-state index >= 15 is 0 Å². The highest BCUT2D eigenvalue weighted by molar-refractivity contribution is 5.78. The van der Waals surface area contributed by atoms with Gasteiger partial charge in [0.25, 0.3) is 0 Å². The third kappa shape index (κ3) is 3.63. The molecule has 1 saturated heterocycles. The lowest BCUT2D eigenvalue weighted by molar-refractivity contribution is -0.131. The Morgan fingerprint density at radius 1 is 1.20 bits per heavy atom. The van der Waals surface area contributed by atoms with Gasteiger partial charge >= 0.3 is 0 Å². The molecule has 2 rings (SSSR count). The fourth-order valence-electron chi connectivity index (χ4n) is 2.34. The molecule has 0 saturated carbocycles. The van der Waals surface area contributed by atoms with Crippen LogP contribution in [0.15, 0.2) is 24.3 Å². The van der Waals surface area contributed by atoms with Crippen LogP contribution in [0.3, 0.4) is 0 Å². The Balaban J connectivity index is 1.83. The number of carbonyl (C=O) groups is 1. The van der Waals surface area contributed by atoms with Crippen LogP contribution in [0.4, 0.5) is 11.4 Å². The number of benzene rings is 1. The fourth-order valence-corrected chi connectivity index (χ4v) is 2.34. The largest absolute Gasteiger partial charge is 0.399 e. The second kappa shape index (κ2) is 6.61. The van der Waals surface area contributed by atoms with Crippen LogP contribution >= 0.6 is 0 Å². The number of carbonyl (C=O) groups excluding carboxylic acids is 1. The Morgan fingerprint density at radius 3 is 2.35 bits per heavy atom. The van der Waals surface area contributed by atoms with Gasteiger partial charge in [-0.15, -0.1) is 0 Å². The van der Waals surface area contributed by atoms with Crippen molar-refractivity contribution >= 4 is 17.3 Å². The van der Waals surface area contributed by atoms with Crippen molar-refractivity contribution in [3.63, 3.8) is 0 Å². The predicted octanol–water partition coefficient (Wildman–Crippen LogP) is 0.869. The second-order valence-corrected chi connectivity index (χ2v) is 5.26. The number of rotatable bonds is 4.